The fourth-order valence-electron chi connectivity index (χ4n) is 2.89. The number of carbonyl (C=O) groups excluding carboxylic acids is 1. The van der Waals surface area contributed by atoms with E-state index in [4.69, 9.17) is 0 Å². The Balaban J connectivity index is 2.77. The SMILES string of the molecule is CCN(CC(C)C)C(=O)C1CC(C)CC1C(=O)O. The van der Waals surface area contributed by atoms with Crippen LogP contribution in [0.2, 0.25) is 0 Å². The number of carboxylic acid groups (broad SMARTS) is 1. The van der Waals surface area contributed by atoms with Gasteiger partial charge in [-0.15, -0.1) is 0 Å². The molecule has 0 spiro atoms. The van der Waals surface area contributed by atoms with Gasteiger partial charge in [0.15, 0.2) is 0 Å². The number of carboxylic acids is 1. The van der Waals surface area contributed by atoms with Crippen molar-refractivity contribution in [2.24, 2.45) is 23.7 Å². The zero-order chi connectivity index (χ0) is 13.9. The van der Waals surface area contributed by atoms with Gasteiger partial charge >= 0.3 is 5.97 Å². The predicted molar refractivity (Wildman–Crippen MR) is 70.1 cm³/mol. The first-order chi connectivity index (χ1) is 8.36. The monoisotopic (exact) mass is 255 g/mol. The summed E-state index contributed by atoms with van der Waals surface area (Å²) in [5, 5.41) is 9.22. The minimum Gasteiger partial charge on any atom is -0.481 e. The van der Waals surface area contributed by atoms with Gasteiger partial charge in [-0.1, -0.05) is 20.8 Å². The first kappa shape index (κ1) is 15.0. The zero-order valence-corrected chi connectivity index (χ0v) is 11.8. The summed E-state index contributed by atoms with van der Waals surface area (Å²) in [5.41, 5.74) is 0. The summed E-state index contributed by atoms with van der Waals surface area (Å²) >= 11 is 0. The highest BCUT2D eigenvalue weighted by Crippen LogP contribution is 2.37. The van der Waals surface area contributed by atoms with Gasteiger partial charge in [0.25, 0.3) is 0 Å². The lowest BCUT2D eigenvalue weighted by molar-refractivity contribution is -0.149. The van der Waals surface area contributed by atoms with Crippen LogP contribution in [0.25, 0.3) is 0 Å². The summed E-state index contributed by atoms with van der Waals surface area (Å²) in [6.45, 7) is 9.50. The second-order valence-electron chi connectivity index (χ2n) is 5.90. The second-order valence-corrected chi connectivity index (χ2v) is 5.90. The molecule has 3 atom stereocenters. The maximum absolute atomic E-state index is 12.4. The number of aliphatic carboxylic acids is 1. The summed E-state index contributed by atoms with van der Waals surface area (Å²) in [6.07, 6.45) is 1.34. The standard InChI is InChI=1S/C14H25NO3/c1-5-15(8-9(2)3)13(16)11-6-10(4)7-12(11)14(17)18/h9-12H,5-8H2,1-4H3,(H,17,18). The van der Waals surface area contributed by atoms with Crippen LogP contribution in [0.4, 0.5) is 0 Å². The highest BCUT2D eigenvalue weighted by atomic mass is 16.4. The van der Waals surface area contributed by atoms with E-state index in [0.29, 0.717) is 37.8 Å². The van der Waals surface area contributed by atoms with Gasteiger partial charge in [0, 0.05) is 13.1 Å². The molecule has 1 N–H and O–H groups in total. The summed E-state index contributed by atoms with van der Waals surface area (Å²) in [5.74, 6) is -0.861. The molecule has 0 aliphatic heterocycles. The zero-order valence-electron chi connectivity index (χ0n) is 11.8. The van der Waals surface area contributed by atoms with Crippen molar-refractivity contribution in [2.45, 2.75) is 40.5 Å². The van der Waals surface area contributed by atoms with Gasteiger partial charge in [-0.2, -0.15) is 0 Å². The number of hydrogen-bond acceptors (Lipinski definition) is 2. The molecule has 0 bridgehead atoms. The number of carbonyl (C=O) groups is 2. The normalized spacial score (nSPS) is 27.5. The van der Waals surface area contributed by atoms with E-state index in [1.165, 1.54) is 0 Å². The third-order valence-electron chi connectivity index (χ3n) is 3.71. The van der Waals surface area contributed by atoms with Gasteiger partial charge in [-0.05, 0) is 31.6 Å². The third kappa shape index (κ3) is 3.47. The van der Waals surface area contributed by atoms with E-state index in [1.54, 1.807) is 0 Å². The van der Waals surface area contributed by atoms with Gasteiger partial charge in [0.05, 0.1) is 11.8 Å². The molecule has 0 heterocycles. The van der Waals surface area contributed by atoms with Crippen LogP contribution in [0.15, 0.2) is 0 Å². The van der Waals surface area contributed by atoms with E-state index in [1.807, 2.05) is 18.7 Å². The fourth-order valence-corrected chi connectivity index (χ4v) is 2.89. The van der Waals surface area contributed by atoms with Gasteiger partial charge in [0.2, 0.25) is 5.91 Å². The van der Waals surface area contributed by atoms with Crippen molar-refractivity contribution in [3.05, 3.63) is 0 Å². The second kappa shape index (κ2) is 6.21. The van der Waals surface area contributed by atoms with Crippen LogP contribution in [-0.2, 0) is 9.59 Å². The smallest absolute Gasteiger partial charge is 0.307 e. The van der Waals surface area contributed by atoms with Crippen LogP contribution in [0, 0.1) is 23.7 Å². The van der Waals surface area contributed by atoms with Crippen LogP contribution in [-0.4, -0.2) is 35.0 Å². The molecule has 1 rings (SSSR count). The Kier molecular flexibility index (Phi) is 5.17. The molecule has 1 saturated carbocycles. The largest absolute Gasteiger partial charge is 0.481 e. The molecule has 0 aromatic rings. The van der Waals surface area contributed by atoms with Crippen LogP contribution >= 0.6 is 0 Å². The fraction of sp³-hybridized carbons (Fsp3) is 0.857. The average Bonchev–Trinajstić information content (AvgIpc) is 2.67. The Morgan fingerprint density at radius 3 is 2.28 bits per heavy atom. The van der Waals surface area contributed by atoms with E-state index in [2.05, 4.69) is 13.8 Å². The molecule has 4 heteroatoms. The number of nitrogens with zero attached hydrogens (tertiary/aromatic N) is 1. The highest BCUT2D eigenvalue weighted by Gasteiger charge is 2.42. The Morgan fingerprint density at radius 1 is 1.28 bits per heavy atom. The molecule has 18 heavy (non-hydrogen) atoms. The number of amides is 1. The van der Waals surface area contributed by atoms with Crippen molar-refractivity contribution in [3.63, 3.8) is 0 Å². The Labute approximate surface area is 109 Å². The Bertz CT molecular complexity index is 314. The van der Waals surface area contributed by atoms with Gasteiger partial charge in [-0.25, -0.2) is 0 Å². The average molecular weight is 255 g/mol. The van der Waals surface area contributed by atoms with Crippen LogP contribution < -0.4 is 0 Å². The van der Waals surface area contributed by atoms with Crippen molar-refractivity contribution in [1.29, 1.82) is 0 Å². The first-order valence-electron chi connectivity index (χ1n) is 6.88. The minimum absolute atomic E-state index is 0.0305. The maximum atomic E-state index is 12.4. The lowest BCUT2D eigenvalue weighted by Gasteiger charge is -2.27. The molecule has 0 aromatic heterocycles. The molecule has 4 nitrogen and oxygen atoms in total. The van der Waals surface area contributed by atoms with E-state index in [9.17, 15) is 14.7 Å². The third-order valence-corrected chi connectivity index (χ3v) is 3.71. The quantitative estimate of drug-likeness (QED) is 0.819. The van der Waals surface area contributed by atoms with E-state index < -0.39 is 11.9 Å². The van der Waals surface area contributed by atoms with E-state index in [0.717, 1.165) is 0 Å². The summed E-state index contributed by atoms with van der Waals surface area (Å²) in [4.78, 5) is 25.5. The Hall–Kier alpha value is -1.06. The molecule has 104 valence electrons. The maximum Gasteiger partial charge on any atom is 0.307 e. The van der Waals surface area contributed by atoms with Gasteiger partial charge in [-0.3, -0.25) is 9.59 Å². The minimum atomic E-state index is -0.821. The summed E-state index contributed by atoms with van der Waals surface area (Å²) in [7, 11) is 0. The lowest BCUT2D eigenvalue weighted by atomic mass is 9.94. The molecule has 3 unspecified atom stereocenters. The van der Waals surface area contributed by atoms with E-state index >= 15 is 0 Å². The van der Waals surface area contributed by atoms with Crippen molar-refractivity contribution in [3.8, 4) is 0 Å². The number of rotatable bonds is 5. The molecule has 0 radical (unpaired) electrons. The molecule has 0 saturated heterocycles. The van der Waals surface area contributed by atoms with Crippen LogP contribution in [0.1, 0.15) is 40.5 Å². The first-order valence-corrected chi connectivity index (χ1v) is 6.88. The van der Waals surface area contributed by atoms with Gasteiger partial charge in [0.1, 0.15) is 0 Å². The summed E-state index contributed by atoms with van der Waals surface area (Å²) < 4.78 is 0. The van der Waals surface area contributed by atoms with Crippen molar-refractivity contribution in [2.75, 3.05) is 13.1 Å². The molecule has 1 aliphatic rings. The van der Waals surface area contributed by atoms with Crippen molar-refractivity contribution < 1.29 is 14.7 Å². The predicted octanol–water partition coefficient (Wildman–Crippen LogP) is 2.24. The number of hydrogen-bond donors (Lipinski definition) is 1. The molecule has 1 amide bonds. The van der Waals surface area contributed by atoms with Crippen LogP contribution in [0.5, 0.6) is 0 Å². The highest BCUT2D eigenvalue weighted by molar-refractivity contribution is 5.85. The molecular weight excluding hydrogens is 230 g/mol. The summed E-state index contributed by atoms with van der Waals surface area (Å²) in [6, 6.07) is 0. The molecular formula is C14H25NO3. The molecule has 0 aromatic carbocycles. The van der Waals surface area contributed by atoms with Gasteiger partial charge < -0.3 is 10.0 Å². The lowest BCUT2D eigenvalue weighted by Crippen LogP contribution is -2.41. The van der Waals surface area contributed by atoms with Crippen molar-refractivity contribution in [1.82, 2.24) is 4.90 Å². The molecule has 1 aliphatic carbocycles. The van der Waals surface area contributed by atoms with Crippen LogP contribution in [0.3, 0.4) is 0 Å². The Morgan fingerprint density at radius 2 is 1.83 bits per heavy atom. The molecule has 1 fully saturated rings. The van der Waals surface area contributed by atoms with Crippen molar-refractivity contribution >= 4 is 11.9 Å². The topological polar surface area (TPSA) is 57.6 Å². The van der Waals surface area contributed by atoms with E-state index in [-0.39, 0.29) is 11.8 Å².